The van der Waals surface area contributed by atoms with Crippen LogP contribution in [0.15, 0.2) is 108 Å². The molecule has 0 bridgehead atoms. The molecule has 0 radical (unpaired) electrons. The third-order valence-corrected chi connectivity index (χ3v) is 9.85. The lowest BCUT2D eigenvalue weighted by Gasteiger charge is -2.31. The van der Waals surface area contributed by atoms with Crippen LogP contribution in [-0.4, -0.2) is 69.5 Å². The van der Waals surface area contributed by atoms with Crippen LogP contribution in [0.2, 0.25) is 5.02 Å². The topological polar surface area (TPSA) is 114 Å². The second-order valence-electron chi connectivity index (χ2n) is 10.8. The Bertz CT molecular complexity index is 1730. The molecule has 1 heterocycles. The molecule has 1 aliphatic heterocycles. The first-order valence-electron chi connectivity index (χ1n) is 15.0. The first-order valence-corrected chi connectivity index (χ1v) is 16.9. The lowest BCUT2D eigenvalue weighted by Crippen LogP contribution is -2.45. The van der Waals surface area contributed by atoms with Crippen LogP contribution in [0.1, 0.15) is 22.7 Å². The largest absolute Gasteiger partial charge is 0.497 e. The molecule has 1 saturated heterocycles. The second-order valence-corrected chi connectivity index (χ2v) is 13.2. The fraction of sp³-hybridized carbons (Fsp3) is 0.257. The average molecular weight is 678 g/mol. The van der Waals surface area contributed by atoms with E-state index in [-0.39, 0.29) is 37.0 Å². The number of hydrogen-bond acceptors (Lipinski definition) is 7. The molecule has 0 aromatic heterocycles. The number of carbonyl (C=O) groups excluding carboxylic acids is 2. The number of halogens is 1. The molecule has 4 aromatic rings. The van der Waals surface area contributed by atoms with E-state index in [1.54, 1.807) is 43.5 Å². The van der Waals surface area contributed by atoms with Crippen LogP contribution < -0.4 is 14.8 Å². The van der Waals surface area contributed by atoms with Crippen molar-refractivity contribution in [3.05, 3.63) is 125 Å². The highest BCUT2D eigenvalue weighted by Gasteiger charge is 2.32. The number of rotatable bonds is 13. The Hall–Kier alpha value is -4.42. The smallest absolute Gasteiger partial charge is 0.261 e. The van der Waals surface area contributed by atoms with Gasteiger partial charge in [0, 0.05) is 31.2 Å². The summed E-state index contributed by atoms with van der Waals surface area (Å²) in [5.74, 6) is 0.201. The summed E-state index contributed by atoms with van der Waals surface area (Å²) in [6.45, 7) is 1.22. The second kappa shape index (κ2) is 15.9. The fourth-order valence-electron chi connectivity index (χ4n) is 5.12. The maximum atomic E-state index is 14.0. The van der Waals surface area contributed by atoms with Gasteiger partial charge in [-0.25, -0.2) is 8.42 Å². The lowest BCUT2D eigenvalue weighted by atomic mass is 10.0. The van der Waals surface area contributed by atoms with Crippen molar-refractivity contribution in [3.8, 4) is 11.5 Å². The molecule has 1 fully saturated rings. The van der Waals surface area contributed by atoms with E-state index in [1.807, 2.05) is 42.5 Å². The number of nitrogens with zero attached hydrogens (tertiary/aromatic N) is 2. The minimum absolute atomic E-state index is 0.103. The molecular weight excluding hydrogens is 642 g/mol. The van der Waals surface area contributed by atoms with E-state index in [0.29, 0.717) is 35.3 Å². The van der Waals surface area contributed by atoms with Gasteiger partial charge in [-0.2, -0.15) is 4.31 Å². The van der Waals surface area contributed by atoms with Gasteiger partial charge >= 0.3 is 0 Å². The van der Waals surface area contributed by atoms with Crippen molar-refractivity contribution in [1.82, 2.24) is 14.5 Å². The summed E-state index contributed by atoms with van der Waals surface area (Å²) in [5, 5.41) is 3.53. The number of carbonyl (C=O) groups is 2. The molecule has 0 spiro atoms. The van der Waals surface area contributed by atoms with E-state index >= 15 is 0 Å². The summed E-state index contributed by atoms with van der Waals surface area (Å²) in [7, 11) is -2.09. The Balaban J connectivity index is 1.36. The van der Waals surface area contributed by atoms with Crippen molar-refractivity contribution in [2.24, 2.45) is 0 Å². The van der Waals surface area contributed by atoms with Gasteiger partial charge in [0.25, 0.3) is 5.91 Å². The zero-order valence-corrected chi connectivity index (χ0v) is 27.5. The fourth-order valence-corrected chi connectivity index (χ4v) is 6.65. The molecule has 1 atom stereocenters. The standard InChI is InChI=1S/C35H36ClN3O7S/c1-44-30-13-9-26(10-14-30)23-37-35(41)34(28-5-3-2-4-6-28)39(24-27-7-11-29(36)12-8-27)33(40)25-46-31-15-17-32(18-16-31)47(42,43)38-19-21-45-22-20-38/h2-18,34H,19-25H2,1H3,(H,37,41). The van der Waals surface area contributed by atoms with Crippen LogP contribution in [0.3, 0.4) is 0 Å². The lowest BCUT2D eigenvalue weighted by molar-refractivity contribution is -0.143. The Labute approximate surface area is 279 Å². The molecule has 0 aliphatic carbocycles. The molecule has 0 saturated carbocycles. The van der Waals surface area contributed by atoms with Crippen molar-refractivity contribution < 1.29 is 32.2 Å². The van der Waals surface area contributed by atoms with E-state index < -0.39 is 28.6 Å². The summed E-state index contributed by atoms with van der Waals surface area (Å²) in [4.78, 5) is 29.5. The summed E-state index contributed by atoms with van der Waals surface area (Å²) in [5.41, 5.74) is 2.26. The molecule has 246 valence electrons. The van der Waals surface area contributed by atoms with E-state index in [1.165, 1.54) is 33.5 Å². The summed E-state index contributed by atoms with van der Waals surface area (Å²) in [6.07, 6.45) is 0. The van der Waals surface area contributed by atoms with Crippen molar-refractivity contribution in [3.63, 3.8) is 0 Å². The van der Waals surface area contributed by atoms with Gasteiger partial charge in [-0.1, -0.05) is 66.2 Å². The Kier molecular flexibility index (Phi) is 11.5. The molecule has 10 nitrogen and oxygen atoms in total. The van der Waals surface area contributed by atoms with Gasteiger partial charge in [0.15, 0.2) is 6.61 Å². The monoisotopic (exact) mass is 677 g/mol. The van der Waals surface area contributed by atoms with Crippen LogP contribution in [0.25, 0.3) is 0 Å². The van der Waals surface area contributed by atoms with E-state index in [0.717, 1.165) is 11.1 Å². The number of amides is 2. The summed E-state index contributed by atoms with van der Waals surface area (Å²) < 4.78 is 43.8. The van der Waals surface area contributed by atoms with E-state index in [9.17, 15) is 18.0 Å². The molecule has 12 heteroatoms. The van der Waals surface area contributed by atoms with Crippen molar-refractivity contribution >= 4 is 33.4 Å². The van der Waals surface area contributed by atoms with Crippen LogP contribution >= 0.6 is 11.6 Å². The first kappa shape index (κ1) is 33.9. The SMILES string of the molecule is COc1ccc(CNC(=O)C(c2ccccc2)N(Cc2ccc(Cl)cc2)C(=O)COc2ccc(S(=O)(=O)N3CCOCC3)cc2)cc1. The summed E-state index contributed by atoms with van der Waals surface area (Å²) >= 11 is 6.12. The number of methoxy groups -OCH3 is 1. The van der Waals surface area contributed by atoms with Gasteiger partial charge in [-0.05, 0) is 65.2 Å². The van der Waals surface area contributed by atoms with E-state index in [4.69, 9.17) is 25.8 Å². The predicted octanol–water partition coefficient (Wildman–Crippen LogP) is 4.83. The highest BCUT2D eigenvalue weighted by molar-refractivity contribution is 7.89. The van der Waals surface area contributed by atoms with Crippen molar-refractivity contribution in [2.45, 2.75) is 24.0 Å². The minimum Gasteiger partial charge on any atom is -0.497 e. The van der Waals surface area contributed by atoms with Crippen LogP contribution in [0.4, 0.5) is 0 Å². The number of hydrogen-bond donors (Lipinski definition) is 1. The van der Waals surface area contributed by atoms with Crippen molar-refractivity contribution in [2.75, 3.05) is 40.0 Å². The molecule has 1 N–H and O–H groups in total. The Morgan fingerprint density at radius 2 is 1.49 bits per heavy atom. The van der Waals surface area contributed by atoms with E-state index in [2.05, 4.69) is 5.32 Å². The molecule has 4 aromatic carbocycles. The zero-order chi connectivity index (χ0) is 33.2. The first-order chi connectivity index (χ1) is 22.7. The Morgan fingerprint density at radius 1 is 0.872 bits per heavy atom. The molecule has 2 amide bonds. The maximum absolute atomic E-state index is 14.0. The third kappa shape index (κ3) is 8.89. The van der Waals surface area contributed by atoms with Gasteiger partial charge in [0.2, 0.25) is 15.9 Å². The van der Waals surface area contributed by atoms with Crippen LogP contribution in [0, 0.1) is 0 Å². The normalized spacial score (nSPS) is 14.2. The number of morpholine rings is 1. The van der Waals surface area contributed by atoms with Crippen LogP contribution in [0.5, 0.6) is 11.5 Å². The molecule has 1 aliphatic rings. The number of ether oxygens (including phenoxy) is 3. The molecule has 1 unspecified atom stereocenters. The average Bonchev–Trinajstić information content (AvgIpc) is 3.11. The summed E-state index contributed by atoms with van der Waals surface area (Å²) in [6, 6.07) is 28.4. The molecule has 47 heavy (non-hydrogen) atoms. The third-order valence-electron chi connectivity index (χ3n) is 7.68. The maximum Gasteiger partial charge on any atom is 0.261 e. The number of nitrogens with one attached hydrogen (secondary N) is 1. The molecule has 5 rings (SSSR count). The molecular formula is C35H36ClN3O7S. The quantitative estimate of drug-likeness (QED) is 0.216. The highest BCUT2D eigenvalue weighted by atomic mass is 35.5. The van der Waals surface area contributed by atoms with Crippen molar-refractivity contribution in [1.29, 1.82) is 0 Å². The van der Waals surface area contributed by atoms with Crippen LogP contribution in [-0.2, 0) is 37.4 Å². The number of benzene rings is 4. The van der Waals surface area contributed by atoms with Gasteiger partial charge in [0.1, 0.15) is 17.5 Å². The minimum atomic E-state index is -3.68. The van der Waals surface area contributed by atoms with Gasteiger partial charge < -0.3 is 24.4 Å². The highest BCUT2D eigenvalue weighted by Crippen LogP contribution is 2.26. The zero-order valence-electron chi connectivity index (χ0n) is 25.9. The Morgan fingerprint density at radius 3 is 2.13 bits per heavy atom. The van der Waals surface area contributed by atoms with Gasteiger partial charge in [-0.3, -0.25) is 9.59 Å². The van der Waals surface area contributed by atoms with Gasteiger partial charge in [-0.15, -0.1) is 0 Å². The van der Waals surface area contributed by atoms with Gasteiger partial charge in [0.05, 0.1) is 25.2 Å². The predicted molar refractivity (Wildman–Crippen MR) is 178 cm³/mol. The number of sulfonamides is 1.